The van der Waals surface area contributed by atoms with Crippen LogP contribution in [0.2, 0.25) is 0 Å². The van der Waals surface area contributed by atoms with Crippen molar-refractivity contribution in [3.63, 3.8) is 0 Å². The number of aliphatic hydroxyl groups excluding tert-OH is 1. The Balaban J connectivity index is 1.85. The molecule has 1 fully saturated rings. The van der Waals surface area contributed by atoms with E-state index in [4.69, 9.17) is 4.98 Å². The minimum Gasteiger partial charge on any atom is -0.390 e. The molecule has 2 aromatic heterocycles. The zero-order valence-corrected chi connectivity index (χ0v) is 13.1. The zero-order valence-electron chi connectivity index (χ0n) is 13.1. The molecule has 0 spiro atoms. The summed E-state index contributed by atoms with van der Waals surface area (Å²) in [6.07, 6.45) is 1.96. The standard InChI is InChI=1S/C16H24N4O/c1-16(2,3)19-10-8-18(9-11-19)15-13(12-21)20-7-5-4-6-14(20)17-15/h4-7,21H,8-12H2,1-3H3. The summed E-state index contributed by atoms with van der Waals surface area (Å²) in [5, 5.41) is 9.72. The van der Waals surface area contributed by atoms with Crippen molar-refractivity contribution in [2.24, 2.45) is 0 Å². The summed E-state index contributed by atoms with van der Waals surface area (Å²) in [4.78, 5) is 9.50. The van der Waals surface area contributed by atoms with E-state index in [2.05, 4.69) is 30.6 Å². The van der Waals surface area contributed by atoms with E-state index >= 15 is 0 Å². The third-order valence-corrected chi connectivity index (χ3v) is 4.29. The average molecular weight is 288 g/mol. The van der Waals surface area contributed by atoms with Gasteiger partial charge in [-0.3, -0.25) is 9.30 Å². The number of anilines is 1. The Morgan fingerprint density at radius 3 is 2.48 bits per heavy atom. The van der Waals surface area contributed by atoms with E-state index in [1.165, 1.54) is 0 Å². The molecule has 1 aliphatic rings. The number of imidazole rings is 1. The lowest BCUT2D eigenvalue weighted by atomic mass is 10.0. The Morgan fingerprint density at radius 2 is 1.86 bits per heavy atom. The highest BCUT2D eigenvalue weighted by Crippen LogP contribution is 2.24. The van der Waals surface area contributed by atoms with Gasteiger partial charge in [-0.25, -0.2) is 4.98 Å². The highest BCUT2D eigenvalue weighted by atomic mass is 16.3. The van der Waals surface area contributed by atoms with Crippen molar-refractivity contribution in [2.45, 2.75) is 32.9 Å². The first kappa shape index (κ1) is 14.4. The SMILES string of the molecule is CC(C)(C)N1CCN(c2nc3ccccn3c2CO)CC1. The molecule has 3 rings (SSSR count). The van der Waals surface area contributed by atoms with Crippen LogP contribution in [0.5, 0.6) is 0 Å². The lowest BCUT2D eigenvalue weighted by Crippen LogP contribution is -2.53. The number of fused-ring (bicyclic) bond motifs is 1. The number of aromatic nitrogens is 2. The number of nitrogens with zero attached hydrogens (tertiary/aromatic N) is 4. The normalized spacial score (nSPS) is 17.6. The summed E-state index contributed by atoms with van der Waals surface area (Å²) in [6, 6.07) is 5.92. The summed E-state index contributed by atoms with van der Waals surface area (Å²) >= 11 is 0. The van der Waals surface area contributed by atoms with Crippen molar-refractivity contribution in [2.75, 3.05) is 31.1 Å². The van der Waals surface area contributed by atoms with Gasteiger partial charge in [0.15, 0.2) is 5.82 Å². The zero-order chi connectivity index (χ0) is 15.0. The Morgan fingerprint density at radius 1 is 1.14 bits per heavy atom. The molecule has 5 nitrogen and oxygen atoms in total. The Bertz CT molecular complexity index is 621. The Labute approximate surface area is 125 Å². The van der Waals surface area contributed by atoms with Crippen LogP contribution in [0.25, 0.3) is 5.65 Å². The van der Waals surface area contributed by atoms with Gasteiger partial charge in [-0.2, -0.15) is 0 Å². The van der Waals surface area contributed by atoms with E-state index in [1.54, 1.807) is 0 Å². The minimum atomic E-state index is 0.0139. The van der Waals surface area contributed by atoms with Gasteiger partial charge in [0.1, 0.15) is 5.65 Å². The summed E-state index contributed by atoms with van der Waals surface area (Å²) in [5.74, 6) is 0.928. The molecule has 0 bridgehead atoms. The molecule has 2 aromatic rings. The summed E-state index contributed by atoms with van der Waals surface area (Å²) in [6.45, 7) is 10.7. The predicted molar refractivity (Wildman–Crippen MR) is 84.7 cm³/mol. The van der Waals surface area contributed by atoms with Gasteiger partial charge in [0.05, 0.1) is 12.3 Å². The van der Waals surface area contributed by atoms with Crippen molar-refractivity contribution in [3.8, 4) is 0 Å². The highest BCUT2D eigenvalue weighted by molar-refractivity contribution is 5.56. The van der Waals surface area contributed by atoms with E-state index in [-0.39, 0.29) is 12.1 Å². The molecule has 0 unspecified atom stereocenters. The predicted octanol–water partition coefficient (Wildman–Crippen LogP) is 1.75. The molecule has 0 radical (unpaired) electrons. The largest absolute Gasteiger partial charge is 0.390 e. The van der Waals surface area contributed by atoms with Crippen LogP contribution in [-0.4, -0.2) is 51.1 Å². The van der Waals surface area contributed by atoms with Crippen LogP contribution < -0.4 is 4.90 Å². The third kappa shape index (κ3) is 2.63. The number of rotatable bonds is 2. The van der Waals surface area contributed by atoms with Crippen LogP contribution in [-0.2, 0) is 6.61 Å². The molecule has 5 heteroatoms. The lowest BCUT2D eigenvalue weighted by Gasteiger charge is -2.42. The second kappa shape index (κ2) is 5.31. The molecular formula is C16H24N4O. The second-order valence-electron chi connectivity index (χ2n) is 6.61. The van der Waals surface area contributed by atoms with Crippen LogP contribution in [0.4, 0.5) is 5.82 Å². The molecule has 0 saturated carbocycles. The fourth-order valence-electron chi connectivity index (χ4n) is 3.02. The van der Waals surface area contributed by atoms with E-state index < -0.39 is 0 Å². The van der Waals surface area contributed by atoms with Crippen LogP contribution in [0.3, 0.4) is 0 Å². The smallest absolute Gasteiger partial charge is 0.153 e. The molecule has 1 aliphatic heterocycles. The summed E-state index contributed by atoms with van der Waals surface area (Å²) in [7, 11) is 0. The maximum absolute atomic E-state index is 9.72. The number of pyridine rings is 1. The van der Waals surface area contributed by atoms with Crippen molar-refractivity contribution >= 4 is 11.5 Å². The maximum Gasteiger partial charge on any atom is 0.153 e. The topological polar surface area (TPSA) is 44.0 Å². The average Bonchev–Trinajstić information content (AvgIpc) is 2.85. The van der Waals surface area contributed by atoms with Gasteiger partial charge in [-0.15, -0.1) is 0 Å². The van der Waals surface area contributed by atoms with Crippen LogP contribution >= 0.6 is 0 Å². The number of aliphatic hydroxyl groups is 1. The van der Waals surface area contributed by atoms with Crippen LogP contribution in [0, 0.1) is 0 Å². The van der Waals surface area contributed by atoms with Gasteiger partial charge in [0.2, 0.25) is 0 Å². The van der Waals surface area contributed by atoms with E-state index in [0.29, 0.717) is 0 Å². The number of hydrogen-bond acceptors (Lipinski definition) is 4. The first-order valence-electron chi connectivity index (χ1n) is 7.57. The first-order valence-corrected chi connectivity index (χ1v) is 7.57. The molecule has 114 valence electrons. The van der Waals surface area contributed by atoms with Crippen LogP contribution in [0.1, 0.15) is 26.5 Å². The van der Waals surface area contributed by atoms with Crippen molar-refractivity contribution in [1.82, 2.24) is 14.3 Å². The van der Waals surface area contributed by atoms with Gasteiger partial charge in [0.25, 0.3) is 0 Å². The van der Waals surface area contributed by atoms with Gasteiger partial charge < -0.3 is 10.0 Å². The van der Waals surface area contributed by atoms with Crippen LogP contribution in [0.15, 0.2) is 24.4 Å². The fraction of sp³-hybridized carbons (Fsp3) is 0.562. The Kier molecular flexibility index (Phi) is 3.63. The van der Waals surface area contributed by atoms with Gasteiger partial charge >= 0.3 is 0 Å². The van der Waals surface area contributed by atoms with Gasteiger partial charge in [-0.05, 0) is 32.9 Å². The minimum absolute atomic E-state index is 0.0139. The van der Waals surface area contributed by atoms with E-state index in [0.717, 1.165) is 43.3 Å². The van der Waals surface area contributed by atoms with Crippen molar-refractivity contribution in [3.05, 3.63) is 30.1 Å². The fourth-order valence-corrected chi connectivity index (χ4v) is 3.02. The Hall–Kier alpha value is -1.59. The summed E-state index contributed by atoms with van der Waals surface area (Å²) < 4.78 is 1.98. The molecule has 21 heavy (non-hydrogen) atoms. The molecule has 1 N–H and O–H groups in total. The molecule has 1 saturated heterocycles. The monoisotopic (exact) mass is 288 g/mol. The second-order valence-corrected chi connectivity index (χ2v) is 6.61. The van der Waals surface area contributed by atoms with Crippen molar-refractivity contribution < 1.29 is 5.11 Å². The van der Waals surface area contributed by atoms with E-state index in [9.17, 15) is 5.11 Å². The molecule has 0 atom stereocenters. The van der Waals surface area contributed by atoms with Gasteiger partial charge in [-0.1, -0.05) is 6.07 Å². The first-order chi connectivity index (χ1) is 10.0. The molecule has 0 aromatic carbocycles. The molecule has 3 heterocycles. The van der Waals surface area contributed by atoms with Crippen molar-refractivity contribution in [1.29, 1.82) is 0 Å². The highest BCUT2D eigenvalue weighted by Gasteiger charge is 2.28. The van der Waals surface area contributed by atoms with E-state index in [1.807, 2.05) is 28.8 Å². The van der Waals surface area contributed by atoms with Gasteiger partial charge in [0, 0.05) is 37.9 Å². The summed E-state index contributed by atoms with van der Waals surface area (Å²) in [5.41, 5.74) is 2.00. The quantitative estimate of drug-likeness (QED) is 0.914. The maximum atomic E-state index is 9.72. The molecule has 0 aliphatic carbocycles. The lowest BCUT2D eigenvalue weighted by molar-refractivity contribution is 0.128. The number of hydrogen-bond donors (Lipinski definition) is 1. The third-order valence-electron chi connectivity index (χ3n) is 4.29. The molecule has 0 amide bonds. The number of piperazine rings is 1. The molecular weight excluding hydrogens is 264 g/mol.